The first-order valence-corrected chi connectivity index (χ1v) is 20.6. The fraction of sp³-hybridized carbons (Fsp3) is 0.372. The number of phenolic OH excluding ortho intramolecular Hbond substituents is 2. The number of Topliss-reactive ketones (excluding diaryl/α,β-unsaturated/α-hetero) is 4. The van der Waals surface area contributed by atoms with Gasteiger partial charge in [0.25, 0.3) is 11.8 Å². The minimum atomic E-state index is -2.68. The lowest BCUT2D eigenvalue weighted by Crippen LogP contribution is -2.65. The van der Waals surface area contributed by atoms with Crippen LogP contribution in [0.1, 0.15) is 45.5 Å². The summed E-state index contributed by atoms with van der Waals surface area (Å²) in [6.45, 7) is 0. The van der Waals surface area contributed by atoms with Gasteiger partial charge in [-0.1, -0.05) is 0 Å². The molecule has 8 rings (SSSR count). The van der Waals surface area contributed by atoms with Gasteiger partial charge in [0.1, 0.15) is 52.0 Å². The number of aliphatic hydroxyl groups excluding tert-OH is 4. The van der Waals surface area contributed by atoms with Crippen LogP contribution in [-0.4, -0.2) is 143 Å². The molecule has 0 aliphatic heterocycles. The summed E-state index contributed by atoms with van der Waals surface area (Å²) in [6.07, 6.45) is 0.993. The van der Waals surface area contributed by atoms with Gasteiger partial charge in [-0.2, -0.15) is 0 Å². The van der Waals surface area contributed by atoms with Gasteiger partial charge in [-0.25, -0.2) is 0 Å². The van der Waals surface area contributed by atoms with E-state index in [1.54, 1.807) is 20.2 Å². The smallest absolute Gasteiger partial charge is 0.255 e. The Labute approximate surface area is 371 Å². The van der Waals surface area contributed by atoms with Crippen LogP contribution < -0.4 is 11.5 Å². The molecule has 0 spiro atoms. The number of rotatable bonds is 5. The van der Waals surface area contributed by atoms with E-state index in [1.165, 1.54) is 42.1 Å². The average molecular weight is 983 g/mol. The van der Waals surface area contributed by atoms with Gasteiger partial charge >= 0.3 is 0 Å². The van der Waals surface area contributed by atoms with Gasteiger partial charge in [-0.15, -0.1) is 0 Å². The van der Waals surface area contributed by atoms with E-state index >= 15 is 0 Å². The highest BCUT2D eigenvalue weighted by atomic mass is 127. The number of primary amides is 2. The van der Waals surface area contributed by atoms with Crippen molar-refractivity contribution in [3.63, 3.8) is 0 Å². The number of phenols is 2. The van der Waals surface area contributed by atoms with Crippen LogP contribution in [-0.2, 0) is 41.6 Å². The number of aldehydes is 1. The molecule has 0 heterocycles. The van der Waals surface area contributed by atoms with Gasteiger partial charge in [0.2, 0.25) is 11.6 Å². The average Bonchev–Trinajstić information content (AvgIpc) is 3.19. The molecule has 6 aliphatic rings. The Kier molecular flexibility index (Phi) is 11.0. The number of carbonyl (C=O) groups excluding carboxylic acids is 7. The van der Waals surface area contributed by atoms with Crippen molar-refractivity contribution in [2.45, 2.75) is 49.0 Å². The fourth-order valence-electron chi connectivity index (χ4n) is 10.6. The molecule has 2 fully saturated rings. The van der Waals surface area contributed by atoms with Crippen molar-refractivity contribution < 1.29 is 74.4 Å². The third kappa shape index (κ3) is 6.24. The van der Waals surface area contributed by atoms with Crippen molar-refractivity contribution in [1.29, 1.82) is 0 Å². The normalized spacial score (nSPS) is 29.9. The summed E-state index contributed by atoms with van der Waals surface area (Å²) in [7, 11) is 6.18. The Morgan fingerprint density at radius 2 is 1.05 bits per heavy atom. The number of hydrogen-bond donors (Lipinski definition) is 10. The Hall–Kier alpha value is -5.94. The summed E-state index contributed by atoms with van der Waals surface area (Å²) in [4.78, 5) is 91.3. The highest BCUT2D eigenvalue weighted by Gasteiger charge is 2.66. The second-order valence-corrected chi connectivity index (χ2v) is 18.2. The van der Waals surface area contributed by atoms with Gasteiger partial charge in [0, 0.05) is 32.1 Å². The van der Waals surface area contributed by atoms with Crippen LogP contribution in [0.2, 0.25) is 0 Å². The molecule has 63 heavy (non-hydrogen) atoms. The van der Waals surface area contributed by atoms with Gasteiger partial charge < -0.3 is 52.3 Å². The molecule has 332 valence electrons. The predicted octanol–water partition coefficient (Wildman–Crippen LogP) is 0.345. The standard InChI is InChI=1S/C22H22N2O8.C21H21IN2O7/c1-24(2)16-11-6-9-5-10-8(7-25)3-4-12(26)14(10)17(27)13(9)19(29)22(11,32)20(30)15(18(16)28)21(23)31;1-24(2)15-9-6-7-5-8-10(22)3-4-11(25)13(8)16(26)12(7)18(28)21(9,31)19(29)14(17(15)27)20(23)30/h3-4,7,9,11,16,26-27,30,32H,5-6H2,1-2H3,(H2,23,31);3-4,7,9,15,25-26,29,31H,5-6H2,1-2H3,(H2,23,30)/t9-,11-,16-,22-;7-,9-,15-,21-/m00/s1. The van der Waals surface area contributed by atoms with E-state index in [0.29, 0.717) is 23.8 Å². The summed E-state index contributed by atoms with van der Waals surface area (Å²) in [5, 5.41) is 86.8. The third-order valence-electron chi connectivity index (χ3n) is 13.3. The monoisotopic (exact) mass is 982 g/mol. The fourth-order valence-corrected chi connectivity index (χ4v) is 11.3. The van der Waals surface area contributed by atoms with E-state index in [9.17, 15) is 74.4 Å². The number of benzene rings is 2. The van der Waals surface area contributed by atoms with Crippen molar-refractivity contribution in [3.05, 3.63) is 89.5 Å². The zero-order valence-electron chi connectivity index (χ0n) is 34.0. The summed E-state index contributed by atoms with van der Waals surface area (Å²) in [5.74, 6) is -13.6. The molecule has 20 heteroatoms. The maximum atomic E-state index is 13.6. The number of aliphatic hydroxyl groups is 6. The maximum absolute atomic E-state index is 13.6. The molecule has 0 unspecified atom stereocenters. The van der Waals surface area contributed by atoms with Crippen LogP contribution >= 0.6 is 22.6 Å². The molecule has 6 aliphatic carbocycles. The molecule has 2 saturated carbocycles. The van der Waals surface area contributed by atoms with Crippen LogP contribution in [0.3, 0.4) is 0 Å². The zero-order valence-corrected chi connectivity index (χ0v) is 36.2. The van der Waals surface area contributed by atoms with E-state index < -0.39 is 116 Å². The number of nitrogens with two attached hydrogens (primary N) is 2. The minimum absolute atomic E-state index is 0.0281. The summed E-state index contributed by atoms with van der Waals surface area (Å²) in [5.41, 5.74) is 4.39. The topological polar surface area (TPSA) is 340 Å². The van der Waals surface area contributed by atoms with Gasteiger partial charge in [0.05, 0.1) is 23.2 Å². The number of carbonyl (C=O) groups is 7. The Bertz CT molecular complexity index is 2650. The third-order valence-corrected chi connectivity index (χ3v) is 14.3. The lowest BCUT2D eigenvalue weighted by molar-refractivity contribution is -0.155. The maximum Gasteiger partial charge on any atom is 0.255 e. The van der Waals surface area contributed by atoms with E-state index in [4.69, 9.17) is 11.5 Å². The second-order valence-electron chi connectivity index (χ2n) is 17.0. The molecule has 0 radical (unpaired) electrons. The zero-order chi connectivity index (χ0) is 46.7. The first-order chi connectivity index (χ1) is 29.4. The molecule has 8 atom stereocenters. The molecule has 0 aromatic heterocycles. The van der Waals surface area contributed by atoms with Crippen molar-refractivity contribution in [1.82, 2.24) is 9.80 Å². The van der Waals surface area contributed by atoms with Crippen LogP contribution in [0.5, 0.6) is 11.5 Å². The number of hydrogen-bond acceptors (Lipinski definition) is 17. The molecule has 2 amide bonds. The van der Waals surface area contributed by atoms with E-state index in [-0.39, 0.29) is 58.6 Å². The Balaban J connectivity index is 0.000000189. The van der Waals surface area contributed by atoms with Crippen LogP contribution in [0.25, 0.3) is 11.5 Å². The molecule has 2 aromatic carbocycles. The van der Waals surface area contributed by atoms with Crippen molar-refractivity contribution in [2.24, 2.45) is 35.1 Å². The van der Waals surface area contributed by atoms with E-state index in [0.717, 1.165) is 3.57 Å². The summed E-state index contributed by atoms with van der Waals surface area (Å²) < 4.78 is 0.784. The largest absolute Gasteiger partial charge is 0.508 e. The molecule has 0 saturated heterocycles. The van der Waals surface area contributed by atoms with Gasteiger partial charge in [-0.05, 0) is 124 Å². The predicted molar refractivity (Wildman–Crippen MR) is 227 cm³/mol. The number of halogens is 1. The highest BCUT2D eigenvalue weighted by Crippen LogP contribution is 2.55. The molecule has 2 aromatic rings. The second kappa shape index (κ2) is 15.4. The van der Waals surface area contributed by atoms with Crippen molar-refractivity contribution in [2.75, 3.05) is 28.2 Å². The Morgan fingerprint density at radius 1 is 0.667 bits per heavy atom. The Morgan fingerprint density at radius 3 is 1.43 bits per heavy atom. The molecule has 12 N–H and O–H groups in total. The number of likely N-dealkylation sites (N-methyl/N-ethyl adjacent to an activating group) is 2. The molecular weight excluding hydrogens is 939 g/mol. The van der Waals surface area contributed by atoms with Gasteiger partial charge in [-0.3, -0.25) is 43.4 Å². The number of amides is 2. The SMILES string of the molecule is CN(C)[C@@H]1C(=O)C(C(N)=O)=C(O)[C@@]2(O)C(=O)C3=C(O)c4c(O)ccc(C=O)c4C[C@H]3C[C@@H]12.CN(C)[C@@H]1C(=O)C(C(N)=O)=C(O)[C@@]2(O)C(=O)C3=C(O)c4c(O)ccc(I)c4C[C@H]3C[C@@H]12. The van der Waals surface area contributed by atoms with Crippen LogP contribution in [0.4, 0.5) is 0 Å². The molecule has 0 bridgehead atoms. The quantitative estimate of drug-likeness (QED) is 0.110. The number of ketones is 4. The highest BCUT2D eigenvalue weighted by molar-refractivity contribution is 14.1. The van der Waals surface area contributed by atoms with E-state index in [2.05, 4.69) is 22.6 Å². The van der Waals surface area contributed by atoms with Crippen LogP contribution in [0, 0.1) is 27.2 Å². The first kappa shape index (κ1) is 45.1. The minimum Gasteiger partial charge on any atom is -0.508 e. The molecule has 19 nitrogen and oxygen atoms in total. The summed E-state index contributed by atoms with van der Waals surface area (Å²) in [6, 6.07) is 3.44. The lowest BCUT2D eigenvalue weighted by Gasteiger charge is -2.50. The van der Waals surface area contributed by atoms with Crippen molar-refractivity contribution >= 4 is 75.3 Å². The number of fused-ring (bicyclic) bond motifs is 6. The summed E-state index contributed by atoms with van der Waals surface area (Å²) >= 11 is 2.07. The lowest BCUT2D eigenvalue weighted by atomic mass is 9.57. The van der Waals surface area contributed by atoms with Gasteiger partial charge in [0.15, 0.2) is 22.8 Å². The van der Waals surface area contributed by atoms with Crippen molar-refractivity contribution in [3.8, 4) is 11.5 Å². The number of nitrogens with zero attached hydrogens (tertiary/aromatic N) is 2. The molecular formula is C43H43IN4O15. The van der Waals surface area contributed by atoms with Crippen LogP contribution in [0.15, 0.2) is 58.1 Å². The number of aromatic hydroxyl groups is 2. The first-order valence-electron chi connectivity index (χ1n) is 19.5. The van der Waals surface area contributed by atoms with E-state index in [1.807, 2.05) is 0 Å².